The van der Waals surface area contributed by atoms with Crippen molar-refractivity contribution in [2.75, 3.05) is 36.4 Å². The van der Waals surface area contributed by atoms with Crippen LogP contribution in [0.4, 0.5) is 5.69 Å². The van der Waals surface area contributed by atoms with Crippen LogP contribution in [0.3, 0.4) is 0 Å². The van der Waals surface area contributed by atoms with Crippen molar-refractivity contribution >= 4 is 25.5 Å². The van der Waals surface area contributed by atoms with Crippen LogP contribution in [-0.2, 0) is 25.3 Å². The molecular weight excluding hydrogens is 420 g/mol. The maximum absolute atomic E-state index is 12.6. The summed E-state index contributed by atoms with van der Waals surface area (Å²) in [4.78, 5) is 2.63. The summed E-state index contributed by atoms with van der Waals surface area (Å²) >= 11 is 0. The van der Waals surface area contributed by atoms with Gasteiger partial charge in [0.2, 0.25) is 10.0 Å². The number of sulfone groups is 1. The predicted octanol–water partition coefficient (Wildman–Crippen LogP) is 2.74. The third-order valence-electron chi connectivity index (χ3n) is 6.68. The van der Waals surface area contributed by atoms with Crippen LogP contribution < -0.4 is 4.72 Å². The van der Waals surface area contributed by atoms with Crippen molar-refractivity contribution in [2.45, 2.75) is 23.7 Å². The largest absolute Gasteiger partial charge is 0.302 e. The lowest BCUT2D eigenvalue weighted by molar-refractivity contribution is 0.283. The Morgan fingerprint density at radius 2 is 1.67 bits per heavy atom. The first-order chi connectivity index (χ1) is 14.2. The molecule has 0 spiro atoms. The van der Waals surface area contributed by atoms with Gasteiger partial charge in [0.1, 0.15) is 0 Å². The van der Waals surface area contributed by atoms with Gasteiger partial charge in [0.15, 0.2) is 9.84 Å². The van der Waals surface area contributed by atoms with Gasteiger partial charge in [0, 0.05) is 30.7 Å². The van der Waals surface area contributed by atoms with E-state index in [2.05, 4.69) is 22.6 Å². The van der Waals surface area contributed by atoms with Gasteiger partial charge in [-0.1, -0.05) is 37.3 Å². The van der Waals surface area contributed by atoms with Gasteiger partial charge in [0.05, 0.1) is 16.9 Å². The van der Waals surface area contributed by atoms with Crippen molar-refractivity contribution in [1.82, 2.24) is 4.90 Å². The second-order valence-electron chi connectivity index (χ2n) is 8.45. The van der Waals surface area contributed by atoms with Crippen LogP contribution in [0.25, 0.3) is 0 Å². The van der Waals surface area contributed by atoms with Crippen molar-refractivity contribution in [3.8, 4) is 0 Å². The van der Waals surface area contributed by atoms with Gasteiger partial charge in [-0.25, -0.2) is 16.8 Å². The molecule has 1 N–H and O–H groups in total. The molecule has 8 heteroatoms. The molecule has 6 nitrogen and oxygen atoms in total. The highest BCUT2D eigenvalue weighted by Crippen LogP contribution is 2.65. The summed E-state index contributed by atoms with van der Waals surface area (Å²) in [5.41, 5.74) is 1.83. The SMILES string of the molecule is CCC1(c2cccc(NS(C)(=O)=O)c2)C2CN(CCS(=O)(=O)c3ccccc3)CC21. The number of sulfonamides is 1. The van der Waals surface area contributed by atoms with Crippen molar-refractivity contribution < 1.29 is 16.8 Å². The molecule has 30 heavy (non-hydrogen) atoms. The Balaban J connectivity index is 1.42. The van der Waals surface area contributed by atoms with Gasteiger partial charge < -0.3 is 4.90 Å². The number of benzene rings is 2. The molecule has 2 aromatic carbocycles. The normalized spacial score (nSPS) is 26.3. The molecule has 0 radical (unpaired) electrons. The molecule has 0 aromatic heterocycles. The summed E-state index contributed by atoms with van der Waals surface area (Å²) in [6.07, 6.45) is 2.14. The van der Waals surface area contributed by atoms with E-state index in [0.717, 1.165) is 25.8 Å². The van der Waals surface area contributed by atoms with Gasteiger partial charge in [0.25, 0.3) is 0 Å². The van der Waals surface area contributed by atoms with Gasteiger partial charge in [-0.05, 0) is 48.1 Å². The number of hydrogen-bond donors (Lipinski definition) is 1. The Kier molecular flexibility index (Phi) is 5.45. The Bertz CT molecular complexity index is 1120. The number of anilines is 1. The number of hydrogen-bond acceptors (Lipinski definition) is 5. The molecule has 1 aliphatic heterocycles. The van der Waals surface area contributed by atoms with E-state index in [0.29, 0.717) is 29.0 Å². The lowest BCUT2D eigenvalue weighted by Crippen LogP contribution is -2.33. The first kappa shape index (κ1) is 21.3. The van der Waals surface area contributed by atoms with Crippen LogP contribution in [0, 0.1) is 11.8 Å². The van der Waals surface area contributed by atoms with E-state index >= 15 is 0 Å². The minimum atomic E-state index is -3.31. The van der Waals surface area contributed by atoms with E-state index < -0.39 is 19.9 Å². The fourth-order valence-electron chi connectivity index (χ4n) is 5.24. The smallest absolute Gasteiger partial charge is 0.229 e. The van der Waals surface area contributed by atoms with Crippen molar-refractivity contribution in [3.63, 3.8) is 0 Å². The molecule has 2 fully saturated rings. The topological polar surface area (TPSA) is 83.6 Å². The average molecular weight is 449 g/mol. The summed E-state index contributed by atoms with van der Waals surface area (Å²) in [5.74, 6) is 1.09. The minimum Gasteiger partial charge on any atom is -0.302 e. The average Bonchev–Trinajstić information content (AvgIpc) is 3.08. The zero-order valence-electron chi connectivity index (χ0n) is 17.3. The van der Waals surface area contributed by atoms with Crippen LogP contribution in [0.2, 0.25) is 0 Å². The number of likely N-dealkylation sites (tertiary alicyclic amines) is 1. The fourth-order valence-corrected chi connectivity index (χ4v) is 7.10. The summed E-state index contributed by atoms with van der Waals surface area (Å²) < 4.78 is 50.8. The lowest BCUT2D eigenvalue weighted by atomic mass is 9.87. The van der Waals surface area contributed by atoms with Crippen LogP contribution in [0.5, 0.6) is 0 Å². The zero-order valence-corrected chi connectivity index (χ0v) is 18.9. The first-order valence-corrected chi connectivity index (χ1v) is 13.8. The summed E-state index contributed by atoms with van der Waals surface area (Å²) in [6, 6.07) is 16.3. The van der Waals surface area contributed by atoms with Crippen molar-refractivity contribution in [3.05, 3.63) is 60.2 Å². The fraction of sp³-hybridized carbons (Fsp3) is 0.455. The molecule has 0 bridgehead atoms. The highest BCUT2D eigenvalue weighted by Gasteiger charge is 2.67. The van der Waals surface area contributed by atoms with Gasteiger partial charge in [-0.3, -0.25) is 4.72 Å². The molecule has 2 atom stereocenters. The van der Waals surface area contributed by atoms with E-state index in [1.807, 2.05) is 18.2 Å². The summed E-state index contributed by atoms with van der Waals surface area (Å²) in [5, 5.41) is 0. The number of nitrogens with zero attached hydrogens (tertiary/aromatic N) is 1. The van der Waals surface area contributed by atoms with Gasteiger partial charge in [-0.15, -0.1) is 0 Å². The molecule has 2 aliphatic rings. The Morgan fingerprint density at radius 3 is 2.27 bits per heavy atom. The second-order valence-corrected chi connectivity index (χ2v) is 12.3. The monoisotopic (exact) mass is 448 g/mol. The van der Waals surface area contributed by atoms with Crippen LogP contribution >= 0.6 is 0 Å². The number of rotatable bonds is 8. The molecule has 1 aliphatic carbocycles. The number of piperidine rings is 1. The van der Waals surface area contributed by atoms with Crippen LogP contribution in [0.15, 0.2) is 59.5 Å². The summed E-state index contributed by atoms with van der Waals surface area (Å²) in [7, 11) is -6.58. The first-order valence-electron chi connectivity index (χ1n) is 10.2. The van der Waals surface area contributed by atoms with Crippen LogP contribution in [-0.4, -0.2) is 53.4 Å². The Labute approximate surface area is 179 Å². The molecule has 0 amide bonds. The quantitative estimate of drug-likeness (QED) is 0.671. The van der Waals surface area contributed by atoms with E-state index in [1.54, 1.807) is 30.3 Å². The van der Waals surface area contributed by atoms with Crippen LogP contribution in [0.1, 0.15) is 18.9 Å². The van der Waals surface area contributed by atoms with Crippen molar-refractivity contribution in [1.29, 1.82) is 0 Å². The molecule has 2 unspecified atom stereocenters. The molecular formula is C22H28N2O4S2. The molecule has 2 aromatic rings. The van der Waals surface area contributed by atoms with E-state index in [9.17, 15) is 16.8 Å². The van der Waals surface area contributed by atoms with E-state index in [-0.39, 0.29) is 11.2 Å². The Morgan fingerprint density at radius 1 is 1.00 bits per heavy atom. The third kappa shape index (κ3) is 4.00. The van der Waals surface area contributed by atoms with E-state index in [4.69, 9.17) is 0 Å². The van der Waals surface area contributed by atoms with E-state index in [1.165, 1.54) is 5.56 Å². The molecule has 1 saturated heterocycles. The minimum absolute atomic E-state index is 0.0595. The molecule has 4 rings (SSSR count). The number of fused-ring (bicyclic) bond motifs is 1. The lowest BCUT2D eigenvalue weighted by Gasteiger charge is -2.26. The Hall–Kier alpha value is -1.90. The maximum atomic E-state index is 12.6. The molecule has 1 heterocycles. The maximum Gasteiger partial charge on any atom is 0.229 e. The predicted molar refractivity (Wildman–Crippen MR) is 119 cm³/mol. The van der Waals surface area contributed by atoms with Gasteiger partial charge in [-0.2, -0.15) is 0 Å². The summed E-state index contributed by atoms with van der Waals surface area (Å²) in [6.45, 7) is 4.48. The third-order valence-corrected chi connectivity index (χ3v) is 8.99. The van der Waals surface area contributed by atoms with Gasteiger partial charge >= 0.3 is 0 Å². The highest BCUT2D eigenvalue weighted by molar-refractivity contribution is 7.92. The standard InChI is InChI=1S/C22H28N2O4S2/c1-3-22(17-8-7-9-18(14-17)23-29(2,25)26)20-15-24(16-21(20)22)12-13-30(27,28)19-10-5-4-6-11-19/h4-11,14,20-21,23H,3,12-13,15-16H2,1-2H3. The highest BCUT2D eigenvalue weighted by atomic mass is 32.2. The zero-order chi connectivity index (χ0) is 21.6. The van der Waals surface area contributed by atoms with Crippen molar-refractivity contribution in [2.24, 2.45) is 11.8 Å². The second kappa shape index (κ2) is 7.66. The number of nitrogens with one attached hydrogen (secondary N) is 1. The molecule has 162 valence electrons. The molecule has 1 saturated carbocycles.